The van der Waals surface area contributed by atoms with Crippen molar-refractivity contribution in [2.45, 2.75) is 45.8 Å². The average Bonchev–Trinajstić information content (AvgIpc) is 3.42. The Morgan fingerprint density at radius 2 is 1.73 bits per heavy atom. The molecule has 0 aliphatic heterocycles. The summed E-state index contributed by atoms with van der Waals surface area (Å²) >= 11 is 0. The second-order valence-electron chi connectivity index (χ2n) is 9.23. The fourth-order valence-electron chi connectivity index (χ4n) is 5.43. The summed E-state index contributed by atoms with van der Waals surface area (Å²) in [5.74, 6) is 1.89. The molecule has 0 bridgehead atoms. The molecular formula is C30H35N4O3+. The van der Waals surface area contributed by atoms with Crippen LogP contribution < -0.4 is 20.4 Å². The molecule has 3 N–H and O–H groups in total. The van der Waals surface area contributed by atoms with Crippen LogP contribution in [0.1, 0.15) is 43.1 Å². The second kappa shape index (κ2) is 11.0. The van der Waals surface area contributed by atoms with Crippen LogP contribution in [-0.4, -0.2) is 30.4 Å². The maximum Gasteiger partial charge on any atom is 0.407 e. The highest BCUT2D eigenvalue weighted by atomic mass is 16.5. The molecule has 0 spiro atoms. The topological polar surface area (TPSA) is 82.4 Å². The number of nitrogens with two attached hydrogens (primary N) is 1. The number of hydrogen-bond acceptors (Lipinski definition) is 4. The number of carbonyl (C=O) groups is 1. The number of nitrogens with one attached hydrogen (secondary N) is 1. The lowest BCUT2D eigenvalue weighted by Gasteiger charge is -2.14. The number of benzene rings is 3. The van der Waals surface area contributed by atoms with E-state index in [0.29, 0.717) is 26.3 Å². The molecule has 1 aromatic heterocycles. The minimum atomic E-state index is -0.414. The average molecular weight is 500 g/mol. The van der Waals surface area contributed by atoms with Crippen LogP contribution in [0.5, 0.6) is 5.75 Å². The van der Waals surface area contributed by atoms with Crippen molar-refractivity contribution in [3.63, 3.8) is 0 Å². The van der Waals surface area contributed by atoms with E-state index in [9.17, 15) is 4.79 Å². The number of nitrogens with zero attached hydrogens (tertiary/aromatic N) is 2. The maximum absolute atomic E-state index is 12.8. The normalized spacial score (nSPS) is 12.4. The third-order valence-electron chi connectivity index (χ3n) is 7.14. The molecule has 1 aliphatic carbocycles. The van der Waals surface area contributed by atoms with Crippen molar-refractivity contribution in [3.05, 3.63) is 83.7 Å². The van der Waals surface area contributed by atoms with Crippen molar-refractivity contribution in [3.8, 4) is 16.9 Å². The zero-order chi connectivity index (χ0) is 25.8. The molecule has 0 saturated heterocycles. The van der Waals surface area contributed by atoms with Gasteiger partial charge in [0, 0.05) is 12.0 Å². The Morgan fingerprint density at radius 3 is 2.38 bits per heavy atom. The van der Waals surface area contributed by atoms with Crippen LogP contribution in [0.15, 0.2) is 66.7 Å². The second-order valence-corrected chi connectivity index (χ2v) is 9.23. The fourth-order valence-corrected chi connectivity index (χ4v) is 5.43. The SMILES string of the molecule is CCn1c(CNC(=O)OCC2c3ccccc3-c3ccccc32)[n+](CC)c2ccc(OCCCN)cc21. The number of ether oxygens (including phenoxy) is 2. The van der Waals surface area contributed by atoms with Gasteiger partial charge in [0.05, 0.1) is 19.7 Å². The van der Waals surface area contributed by atoms with E-state index in [-0.39, 0.29) is 5.92 Å². The molecule has 7 heteroatoms. The van der Waals surface area contributed by atoms with Crippen molar-refractivity contribution < 1.29 is 18.8 Å². The highest BCUT2D eigenvalue weighted by Crippen LogP contribution is 2.44. The summed E-state index contributed by atoms with van der Waals surface area (Å²) in [7, 11) is 0. The van der Waals surface area contributed by atoms with Gasteiger partial charge in [0.15, 0.2) is 11.0 Å². The highest BCUT2D eigenvalue weighted by molar-refractivity contribution is 5.79. The van der Waals surface area contributed by atoms with E-state index >= 15 is 0 Å². The number of aromatic nitrogens is 2. The first-order valence-electron chi connectivity index (χ1n) is 13.1. The summed E-state index contributed by atoms with van der Waals surface area (Å²) in [5, 5.41) is 2.99. The molecule has 4 aromatic rings. The zero-order valence-corrected chi connectivity index (χ0v) is 21.6. The number of fused-ring (bicyclic) bond motifs is 4. The summed E-state index contributed by atoms with van der Waals surface area (Å²) in [5.41, 5.74) is 12.6. The smallest absolute Gasteiger partial charge is 0.407 e. The quantitative estimate of drug-likeness (QED) is 0.244. The Hall–Kier alpha value is -3.84. The molecule has 1 amide bonds. The molecular weight excluding hydrogens is 464 g/mol. The standard InChI is InChI=1S/C30H34N4O3/c1-3-33-27-15-14-21(36-17-9-16-31)18-28(27)34(4-2)29(33)19-32-30(35)37-20-26-24-12-7-5-10-22(24)23-11-6-8-13-25(23)26/h5-8,10-15,18,26H,3-4,9,16-17,19-20,31H2,1-2H3/p+1. The first kappa shape index (κ1) is 24.8. The van der Waals surface area contributed by atoms with Gasteiger partial charge in [-0.05, 0) is 61.2 Å². The van der Waals surface area contributed by atoms with Crippen molar-refractivity contribution in [1.82, 2.24) is 9.88 Å². The van der Waals surface area contributed by atoms with Gasteiger partial charge in [-0.25, -0.2) is 13.9 Å². The lowest BCUT2D eigenvalue weighted by molar-refractivity contribution is -0.676. The summed E-state index contributed by atoms with van der Waals surface area (Å²) < 4.78 is 16.1. The Morgan fingerprint density at radius 1 is 1.03 bits per heavy atom. The van der Waals surface area contributed by atoms with Crippen molar-refractivity contribution in [2.75, 3.05) is 19.8 Å². The number of carbonyl (C=O) groups excluding carboxylic acids is 1. The molecule has 3 aromatic carbocycles. The van der Waals surface area contributed by atoms with Crippen LogP contribution >= 0.6 is 0 Å². The molecule has 0 saturated carbocycles. The van der Waals surface area contributed by atoms with Gasteiger partial charge in [0.25, 0.3) is 5.82 Å². The Labute approximate surface area is 217 Å². The van der Waals surface area contributed by atoms with Crippen LogP contribution in [0.25, 0.3) is 22.2 Å². The molecule has 1 aliphatic rings. The predicted octanol–water partition coefficient (Wildman–Crippen LogP) is 4.73. The van der Waals surface area contributed by atoms with Gasteiger partial charge in [0.2, 0.25) is 0 Å². The molecule has 0 fully saturated rings. The molecule has 0 unspecified atom stereocenters. The fraction of sp³-hybridized carbons (Fsp3) is 0.333. The van der Waals surface area contributed by atoms with Crippen LogP contribution in [-0.2, 0) is 24.4 Å². The van der Waals surface area contributed by atoms with Crippen LogP contribution in [0.3, 0.4) is 0 Å². The van der Waals surface area contributed by atoms with Gasteiger partial charge >= 0.3 is 6.09 Å². The van der Waals surface area contributed by atoms with E-state index < -0.39 is 6.09 Å². The number of amides is 1. The summed E-state index contributed by atoms with van der Waals surface area (Å²) in [4.78, 5) is 12.8. The summed E-state index contributed by atoms with van der Waals surface area (Å²) in [6.45, 7) is 7.66. The van der Waals surface area contributed by atoms with Gasteiger partial charge in [-0.15, -0.1) is 0 Å². The molecule has 0 atom stereocenters. The van der Waals surface area contributed by atoms with E-state index in [0.717, 1.165) is 42.1 Å². The Balaban J connectivity index is 1.30. The van der Waals surface area contributed by atoms with Gasteiger partial charge in [-0.2, -0.15) is 0 Å². The first-order valence-corrected chi connectivity index (χ1v) is 13.1. The lowest BCUT2D eigenvalue weighted by atomic mass is 9.98. The highest BCUT2D eigenvalue weighted by Gasteiger charge is 2.29. The molecule has 1 heterocycles. The van der Waals surface area contributed by atoms with Crippen LogP contribution in [0.4, 0.5) is 4.79 Å². The number of rotatable bonds is 10. The number of aryl methyl sites for hydroxylation is 2. The van der Waals surface area contributed by atoms with E-state index in [4.69, 9.17) is 15.2 Å². The first-order chi connectivity index (χ1) is 18.2. The van der Waals surface area contributed by atoms with Crippen molar-refractivity contribution >= 4 is 17.1 Å². The number of alkyl carbamates (subject to hydrolysis) is 1. The van der Waals surface area contributed by atoms with Gasteiger partial charge < -0.3 is 20.5 Å². The molecule has 7 nitrogen and oxygen atoms in total. The molecule has 37 heavy (non-hydrogen) atoms. The monoisotopic (exact) mass is 499 g/mol. The van der Waals surface area contributed by atoms with Crippen molar-refractivity contribution in [2.24, 2.45) is 5.73 Å². The van der Waals surface area contributed by atoms with Crippen LogP contribution in [0.2, 0.25) is 0 Å². The summed E-state index contributed by atoms with van der Waals surface area (Å²) in [6.07, 6.45) is 0.403. The third kappa shape index (κ3) is 4.79. The van der Waals surface area contributed by atoms with E-state index in [1.807, 2.05) is 18.2 Å². The Kier molecular flexibility index (Phi) is 7.42. The zero-order valence-electron chi connectivity index (χ0n) is 21.6. The minimum Gasteiger partial charge on any atom is -0.493 e. The van der Waals surface area contributed by atoms with E-state index in [1.165, 1.54) is 22.3 Å². The summed E-state index contributed by atoms with van der Waals surface area (Å²) in [6, 6.07) is 22.8. The van der Waals surface area contributed by atoms with E-state index in [1.54, 1.807) is 0 Å². The van der Waals surface area contributed by atoms with E-state index in [2.05, 4.69) is 76.8 Å². The molecule has 0 radical (unpaired) electrons. The maximum atomic E-state index is 12.8. The molecule has 5 rings (SSSR count). The Bertz CT molecular complexity index is 1370. The number of imidazole rings is 1. The third-order valence-corrected chi connectivity index (χ3v) is 7.14. The minimum absolute atomic E-state index is 0.0403. The van der Waals surface area contributed by atoms with Gasteiger partial charge in [0.1, 0.15) is 18.9 Å². The van der Waals surface area contributed by atoms with Gasteiger partial charge in [-0.1, -0.05) is 48.5 Å². The van der Waals surface area contributed by atoms with Gasteiger partial charge in [-0.3, -0.25) is 0 Å². The predicted molar refractivity (Wildman–Crippen MR) is 145 cm³/mol. The molecule has 192 valence electrons. The van der Waals surface area contributed by atoms with Crippen LogP contribution in [0, 0.1) is 0 Å². The lowest BCUT2D eigenvalue weighted by Crippen LogP contribution is -2.40. The van der Waals surface area contributed by atoms with Crippen molar-refractivity contribution in [1.29, 1.82) is 0 Å². The largest absolute Gasteiger partial charge is 0.493 e. The number of hydrogen-bond donors (Lipinski definition) is 2.